The zero-order valence-electron chi connectivity index (χ0n) is 16.1. The molecule has 1 heterocycles. The summed E-state index contributed by atoms with van der Waals surface area (Å²) in [6.07, 6.45) is 1.78. The molecule has 5 heteroatoms. The van der Waals surface area contributed by atoms with Crippen LogP contribution >= 0.6 is 0 Å². The van der Waals surface area contributed by atoms with Crippen LogP contribution in [0.15, 0.2) is 72.8 Å². The number of anilines is 1. The largest absolute Gasteiger partial charge is 0.497 e. The first-order valence-electron chi connectivity index (χ1n) is 9.11. The molecule has 0 radical (unpaired) electrons. The van der Waals surface area contributed by atoms with Crippen molar-refractivity contribution < 1.29 is 19.1 Å². The molecular weight excluding hydrogens is 366 g/mol. The Morgan fingerprint density at radius 1 is 0.759 bits per heavy atom. The zero-order chi connectivity index (χ0) is 20.4. The lowest BCUT2D eigenvalue weighted by Crippen LogP contribution is -2.42. The van der Waals surface area contributed by atoms with E-state index in [0.29, 0.717) is 33.9 Å². The molecule has 0 saturated carbocycles. The highest BCUT2D eigenvalue weighted by Gasteiger charge is 2.36. The number of hydrogen-bond acceptors (Lipinski definition) is 4. The minimum Gasteiger partial charge on any atom is -0.497 e. The fourth-order valence-electron chi connectivity index (χ4n) is 3.42. The highest BCUT2D eigenvalue weighted by atomic mass is 16.5. The van der Waals surface area contributed by atoms with Crippen molar-refractivity contribution in [2.75, 3.05) is 19.1 Å². The van der Waals surface area contributed by atoms with E-state index in [4.69, 9.17) is 9.47 Å². The van der Waals surface area contributed by atoms with E-state index in [1.165, 1.54) is 12.0 Å². The van der Waals surface area contributed by atoms with Crippen LogP contribution in [0.5, 0.6) is 11.5 Å². The summed E-state index contributed by atoms with van der Waals surface area (Å²) >= 11 is 0. The molecule has 1 aliphatic rings. The summed E-state index contributed by atoms with van der Waals surface area (Å²) in [5.74, 6) is 0.363. The Hall–Kier alpha value is -3.86. The van der Waals surface area contributed by atoms with Gasteiger partial charge >= 0.3 is 0 Å². The van der Waals surface area contributed by atoms with Gasteiger partial charge in [-0.3, -0.25) is 9.59 Å². The maximum Gasteiger partial charge on any atom is 0.266 e. The monoisotopic (exact) mass is 385 g/mol. The van der Waals surface area contributed by atoms with Gasteiger partial charge in [0.2, 0.25) is 0 Å². The quantitative estimate of drug-likeness (QED) is 0.492. The van der Waals surface area contributed by atoms with E-state index in [1.54, 1.807) is 55.7 Å². The van der Waals surface area contributed by atoms with Crippen molar-refractivity contribution in [2.24, 2.45) is 0 Å². The topological polar surface area (TPSA) is 55.8 Å². The third-order valence-electron chi connectivity index (χ3n) is 4.82. The summed E-state index contributed by atoms with van der Waals surface area (Å²) in [6, 6.07) is 21.5. The molecule has 0 bridgehead atoms. The number of amides is 2. The molecule has 2 amide bonds. The summed E-state index contributed by atoms with van der Waals surface area (Å²) in [6.45, 7) is 0. The Labute approximate surface area is 168 Å². The summed E-state index contributed by atoms with van der Waals surface area (Å²) < 4.78 is 10.7. The molecule has 0 fully saturated rings. The lowest BCUT2D eigenvalue weighted by molar-refractivity contribution is -0.112. The van der Waals surface area contributed by atoms with Crippen LogP contribution in [0.4, 0.5) is 5.69 Å². The summed E-state index contributed by atoms with van der Waals surface area (Å²) in [4.78, 5) is 27.8. The van der Waals surface area contributed by atoms with E-state index in [9.17, 15) is 9.59 Å². The van der Waals surface area contributed by atoms with E-state index >= 15 is 0 Å². The van der Waals surface area contributed by atoms with Crippen molar-refractivity contribution in [3.05, 3.63) is 89.5 Å². The lowest BCUT2D eigenvalue weighted by atomic mass is 9.91. The van der Waals surface area contributed by atoms with Crippen molar-refractivity contribution in [2.45, 2.75) is 0 Å². The lowest BCUT2D eigenvalue weighted by Gasteiger charge is -2.29. The van der Waals surface area contributed by atoms with E-state index in [0.717, 1.165) is 5.56 Å². The van der Waals surface area contributed by atoms with Gasteiger partial charge in [0, 0.05) is 11.1 Å². The first kappa shape index (κ1) is 18.5. The summed E-state index contributed by atoms with van der Waals surface area (Å²) in [7, 11) is 3.11. The van der Waals surface area contributed by atoms with Crippen LogP contribution in [0.25, 0.3) is 11.6 Å². The third-order valence-corrected chi connectivity index (χ3v) is 4.82. The van der Waals surface area contributed by atoms with E-state index in [1.807, 2.05) is 30.3 Å². The Bertz CT molecular complexity index is 1130. The number of para-hydroxylation sites is 2. The van der Waals surface area contributed by atoms with Crippen LogP contribution in [0.2, 0.25) is 0 Å². The normalized spacial score (nSPS) is 14.7. The molecular formula is C24H19NO4. The summed E-state index contributed by atoms with van der Waals surface area (Å²) in [5.41, 5.74) is 2.72. The molecule has 0 atom stereocenters. The van der Waals surface area contributed by atoms with Gasteiger partial charge in [0.1, 0.15) is 11.5 Å². The fourth-order valence-corrected chi connectivity index (χ4v) is 3.42. The molecule has 3 aromatic rings. The molecule has 29 heavy (non-hydrogen) atoms. The Balaban J connectivity index is 1.91. The van der Waals surface area contributed by atoms with Crippen LogP contribution < -0.4 is 14.4 Å². The van der Waals surface area contributed by atoms with Gasteiger partial charge in [0.25, 0.3) is 11.8 Å². The highest BCUT2D eigenvalue weighted by molar-refractivity contribution is 6.43. The van der Waals surface area contributed by atoms with Gasteiger partial charge in [-0.1, -0.05) is 42.5 Å². The summed E-state index contributed by atoms with van der Waals surface area (Å²) in [5, 5.41) is 0. The van der Waals surface area contributed by atoms with Crippen molar-refractivity contribution in [3.8, 4) is 11.5 Å². The van der Waals surface area contributed by atoms with Crippen molar-refractivity contribution in [3.63, 3.8) is 0 Å². The molecule has 144 valence electrons. The van der Waals surface area contributed by atoms with Crippen LogP contribution in [0.3, 0.4) is 0 Å². The predicted octanol–water partition coefficient (Wildman–Crippen LogP) is 4.43. The standard InChI is InChI=1S/C24H19NO4/c1-28-17-9-7-8-16(14-17)15-20-18-10-3-4-11-19(18)23(26)25(24(20)27)21-12-5-6-13-22(21)29-2/h3-15H,1-2H3/b20-15+. The number of ether oxygens (including phenoxy) is 2. The highest BCUT2D eigenvalue weighted by Crippen LogP contribution is 2.37. The number of fused-ring (bicyclic) bond motifs is 1. The minimum absolute atomic E-state index is 0.377. The zero-order valence-corrected chi connectivity index (χ0v) is 16.1. The van der Waals surface area contributed by atoms with Crippen LogP contribution in [-0.2, 0) is 4.79 Å². The Morgan fingerprint density at radius 2 is 1.48 bits per heavy atom. The van der Waals surface area contributed by atoms with Gasteiger partial charge in [0.15, 0.2) is 0 Å². The first-order valence-corrected chi connectivity index (χ1v) is 9.11. The van der Waals surface area contributed by atoms with Crippen molar-refractivity contribution in [1.29, 1.82) is 0 Å². The second-order valence-corrected chi connectivity index (χ2v) is 6.50. The fraction of sp³-hybridized carbons (Fsp3) is 0.0833. The van der Waals surface area contributed by atoms with Gasteiger partial charge < -0.3 is 9.47 Å². The molecule has 0 aliphatic carbocycles. The average Bonchev–Trinajstić information content (AvgIpc) is 2.77. The van der Waals surface area contributed by atoms with Gasteiger partial charge in [-0.15, -0.1) is 0 Å². The number of methoxy groups -OCH3 is 2. The van der Waals surface area contributed by atoms with Crippen LogP contribution in [0, 0.1) is 0 Å². The van der Waals surface area contributed by atoms with Gasteiger partial charge in [-0.05, 0) is 47.5 Å². The number of rotatable bonds is 4. The predicted molar refractivity (Wildman–Crippen MR) is 112 cm³/mol. The number of carbonyl (C=O) groups is 2. The number of nitrogens with zero attached hydrogens (tertiary/aromatic N) is 1. The van der Waals surface area contributed by atoms with Gasteiger partial charge in [-0.25, -0.2) is 4.90 Å². The molecule has 0 spiro atoms. The van der Waals surface area contributed by atoms with Gasteiger partial charge in [-0.2, -0.15) is 0 Å². The van der Waals surface area contributed by atoms with E-state index in [2.05, 4.69) is 0 Å². The SMILES string of the molecule is COc1cccc(/C=C2/C(=O)N(c3ccccc3OC)C(=O)c3ccccc32)c1. The molecule has 0 N–H and O–H groups in total. The maximum atomic E-state index is 13.5. The molecule has 0 unspecified atom stereocenters. The van der Waals surface area contributed by atoms with Crippen molar-refractivity contribution >= 4 is 29.2 Å². The minimum atomic E-state index is -0.402. The van der Waals surface area contributed by atoms with Crippen molar-refractivity contribution in [1.82, 2.24) is 0 Å². The number of imide groups is 1. The molecule has 4 rings (SSSR count). The second kappa shape index (κ2) is 7.64. The smallest absolute Gasteiger partial charge is 0.266 e. The Kier molecular flexibility index (Phi) is 4.87. The molecule has 1 aliphatic heterocycles. The number of hydrogen-bond donors (Lipinski definition) is 0. The third kappa shape index (κ3) is 3.27. The average molecular weight is 385 g/mol. The van der Waals surface area contributed by atoms with Crippen LogP contribution in [-0.4, -0.2) is 26.0 Å². The van der Waals surface area contributed by atoms with E-state index < -0.39 is 5.91 Å². The molecule has 0 aromatic heterocycles. The number of carbonyl (C=O) groups excluding carboxylic acids is 2. The molecule has 0 saturated heterocycles. The number of benzene rings is 3. The molecule has 3 aromatic carbocycles. The maximum absolute atomic E-state index is 13.5. The molecule has 5 nitrogen and oxygen atoms in total. The Morgan fingerprint density at radius 3 is 2.24 bits per heavy atom. The van der Waals surface area contributed by atoms with Gasteiger partial charge in [0.05, 0.1) is 19.9 Å². The first-order chi connectivity index (χ1) is 14.1. The van der Waals surface area contributed by atoms with E-state index in [-0.39, 0.29) is 5.91 Å². The van der Waals surface area contributed by atoms with Crippen LogP contribution in [0.1, 0.15) is 21.5 Å². The second-order valence-electron chi connectivity index (χ2n) is 6.50.